The molecule has 0 bridgehead atoms. The first-order valence-electron chi connectivity index (χ1n) is 5.70. The largest absolute Gasteiger partial charge is 0.310 e. The van der Waals surface area contributed by atoms with Gasteiger partial charge in [0.1, 0.15) is 0 Å². The van der Waals surface area contributed by atoms with Crippen LogP contribution < -0.4 is 5.32 Å². The summed E-state index contributed by atoms with van der Waals surface area (Å²) in [5.41, 5.74) is 0. The van der Waals surface area contributed by atoms with Crippen LogP contribution >= 0.6 is 0 Å². The lowest BCUT2D eigenvalue weighted by Crippen LogP contribution is -2.45. The van der Waals surface area contributed by atoms with Crippen LogP contribution in [0.4, 0.5) is 0 Å². The van der Waals surface area contributed by atoms with Crippen molar-refractivity contribution in [1.82, 2.24) is 10.2 Å². The Morgan fingerprint density at radius 3 is 2.33 bits per heavy atom. The zero-order chi connectivity index (χ0) is 10.9. The van der Waals surface area contributed by atoms with Gasteiger partial charge in [-0.25, -0.2) is 8.42 Å². The Hall–Kier alpha value is -0.130. The molecule has 2 aliphatic heterocycles. The number of piperidine rings is 1. The van der Waals surface area contributed by atoms with E-state index in [1.807, 2.05) is 0 Å². The van der Waals surface area contributed by atoms with Crippen LogP contribution in [0.2, 0.25) is 0 Å². The highest BCUT2D eigenvalue weighted by atomic mass is 32.2. The minimum absolute atomic E-state index is 0.211. The monoisotopic (exact) mass is 232 g/mol. The standard InChI is InChI=1S/C10H20N2O2S/c1-12-5-2-9(3-6-12)11-10-4-7-15(13,14)8-10/h9-11H,2-8H2,1H3. The van der Waals surface area contributed by atoms with Crippen molar-refractivity contribution in [2.75, 3.05) is 31.6 Å². The summed E-state index contributed by atoms with van der Waals surface area (Å²) < 4.78 is 22.6. The van der Waals surface area contributed by atoms with Crippen molar-refractivity contribution in [3.63, 3.8) is 0 Å². The zero-order valence-electron chi connectivity index (χ0n) is 9.28. The lowest BCUT2D eigenvalue weighted by molar-refractivity contribution is 0.227. The predicted molar refractivity (Wildman–Crippen MR) is 60.7 cm³/mol. The third-order valence-electron chi connectivity index (χ3n) is 3.42. The molecule has 88 valence electrons. The highest BCUT2D eigenvalue weighted by Crippen LogP contribution is 2.15. The van der Waals surface area contributed by atoms with Gasteiger partial charge in [-0.1, -0.05) is 0 Å². The Morgan fingerprint density at radius 2 is 1.80 bits per heavy atom. The van der Waals surface area contributed by atoms with Gasteiger partial charge in [0.2, 0.25) is 0 Å². The Bertz CT molecular complexity index is 307. The first-order chi connectivity index (χ1) is 7.05. The molecule has 1 N–H and O–H groups in total. The fraction of sp³-hybridized carbons (Fsp3) is 1.00. The molecule has 4 nitrogen and oxygen atoms in total. The lowest BCUT2D eigenvalue weighted by Gasteiger charge is -2.31. The number of nitrogens with one attached hydrogen (secondary N) is 1. The van der Waals surface area contributed by atoms with Gasteiger partial charge < -0.3 is 10.2 Å². The van der Waals surface area contributed by atoms with Gasteiger partial charge in [-0.3, -0.25) is 0 Å². The van der Waals surface area contributed by atoms with Crippen molar-refractivity contribution in [3.8, 4) is 0 Å². The van der Waals surface area contributed by atoms with Crippen LogP contribution in [0.25, 0.3) is 0 Å². The van der Waals surface area contributed by atoms with E-state index >= 15 is 0 Å². The molecule has 0 saturated carbocycles. The normalized spacial score (nSPS) is 33.3. The van der Waals surface area contributed by atoms with Crippen LogP contribution in [-0.2, 0) is 9.84 Å². The molecular formula is C10H20N2O2S. The molecule has 2 aliphatic rings. The molecule has 0 aromatic carbocycles. The second-order valence-electron chi connectivity index (χ2n) is 4.84. The van der Waals surface area contributed by atoms with Crippen molar-refractivity contribution < 1.29 is 8.42 Å². The number of likely N-dealkylation sites (tertiary alicyclic amines) is 1. The summed E-state index contributed by atoms with van der Waals surface area (Å²) in [6, 6.07) is 0.739. The molecule has 2 fully saturated rings. The maximum atomic E-state index is 11.3. The highest BCUT2D eigenvalue weighted by molar-refractivity contribution is 7.91. The number of sulfone groups is 1. The van der Waals surface area contributed by atoms with Gasteiger partial charge in [-0.15, -0.1) is 0 Å². The number of hydrogen-bond donors (Lipinski definition) is 1. The molecule has 2 saturated heterocycles. The molecule has 0 spiro atoms. The number of nitrogens with zero attached hydrogens (tertiary/aromatic N) is 1. The highest BCUT2D eigenvalue weighted by Gasteiger charge is 2.29. The van der Waals surface area contributed by atoms with Gasteiger partial charge in [0.05, 0.1) is 11.5 Å². The van der Waals surface area contributed by atoms with Crippen molar-refractivity contribution in [2.45, 2.75) is 31.3 Å². The van der Waals surface area contributed by atoms with Gasteiger partial charge in [-0.2, -0.15) is 0 Å². The van der Waals surface area contributed by atoms with Gasteiger partial charge in [-0.05, 0) is 39.4 Å². The van der Waals surface area contributed by atoms with E-state index in [0.29, 0.717) is 17.5 Å². The summed E-state index contributed by atoms with van der Waals surface area (Å²) in [7, 11) is -0.595. The smallest absolute Gasteiger partial charge is 0.151 e. The SMILES string of the molecule is CN1CCC(NC2CCS(=O)(=O)C2)CC1. The summed E-state index contributed by atoms with van der Waals surface area (Å²) in [5.74, 6) is 0.719. The second-order valence-corrected chi connectivity index (χ2v) is 7.07. The van der Waals surface area contributed by atoms with Crippen LogP contribution in [-0.4, -0.2) is 57.0 Å². The maximum Gasteiger partial charge on any atom is 0.151 e. The average Bonchev–Trinajstić information content (AvgIpc) is 2.50. The van der Waals surface area contributed by atoms with E-state index in [-0.39, 0.29) is 6.04 Å². The van der Waals surface area contributed by atoms with Gasteiger partial charge >= 0.3 is 0 Å². The molecular weight excluding hydrogens is 212 g/mol. The fourth-order valence-corrected chi connectivity index (χ4v) is 4.12. The van der Waals surface area contributed by atoms with Crippen molar-refractivity contribution in [3.05, 3.63) is 0 Å². The molecule has 1 unspecified atom stereocenters. The van der Waals surface area contributed by atoms with Gasteiger partial charge in [0.25, 0.3) is 0 Å². The quantitative estimate of drug-likeness (QED) is 0.720. The van der Waals surface area contributed by atoms with Crippen LogP contribution in [0.15, 0.2) is 0 Å². The van der Waals surface area contributed by atoms with Crippen LogP contribution in [0.5, 0.6) is 0 Å². The van der Waals surface area contributed by atoms with Crippen molar-refractivity contribution in [2.24, 2.45) is 0 Å². The Labute approximate surface area is 91.9 Å². The summed E-state index contributed by atoms with van der Waals surface area (Å²) in [6.07, 6.45) is 3.09. The van der Waals surface area contributed by atoms with E-state index in [1.165, 1.54) is 0 Å². The number of hydrogen-bond acceptors (Lipinski definition) is 4. The fourth-order valence-electron chi connectivity index (χ4n) is 2.44. The maximum absolute atomic E-state index is 11.3. The minimum Gasteiger partial charge on any atom is -0.310 e. The first kappa shape index (κ1) is 11.4. The third kappa shape index (κ3) is 3.16. The summed E-state index contributed by atoms with van der Waals surface area (Å²) in [5, 5.41) is 3.49. The van der Waals surface area contributed by atoms with E-state index in [4.69, 9.17) is 0 Å². The Balaban J connectivity index is 1.78. The van der Waals surface area contributed by atoms with E-state index < -0.39 is 9.84 Å². The summed E-state index contributed by atoms with van der Waals surface area (Å²) in [4.78, 5) is 2.32. The van der Waals surface area contributed by atoms with E-state index in [1.54, 1.807) is 0 Å². The first-order valence-corrected chi connectivity index (χ1v) is 7.52. The molecule has 2 rings (SSSR count). The van der Waals surface area contributed by atoms with Crippen LogP contribution in [0.3, 0.4) is 0 Å². The van der Waals surface area contributed by atoms with E-state index in [2.05, 4.69) is 17.3 Å². The Morgan fingerprint density at radius 1 is 1.13 bits per heavy atom. The van der Waals surface area contributed by atoms with Crippen LogP contribution in [0, 0.1) is 0 Å². The number of rotatable bonds is 2. The molecule has 0 amide bonds. The zero-order valence-corrected chi connectivity index (χ0v) is 10.1. The molecule has 2 heterocycles. The van der Waals surface area contributed by atoms with E-state index in [0.717, 1.165) is 32.4 Å². The third-order valence-corrected chi connectivity index (χ3v) is 5.19. The molecule has 1 atom stereocenters. The summed E-state index contributed by atoms with van der Waals surface area (Å²) in [6.45, 7) is 2.24. The molecule has 15 heavy (non-hydrogen) atoms. The van der Waals surface area contributed by atoms with Gasteiger partial charge in [0.15, 0.2) is 9.84 Å². The molecule has 0 aromatic rings. The van der Waals surface area contributed by atoms with E-state index in [9.17, 15) is 8.42 Å². The molecule has 5 heteroatoms. The minimum atomic E-state index is -2.73. The predicted octanol–water partition coefficient (Wildman–Crippen LogP) is -0.143. The van der Waals surface area contributed by atoms with Crippen molar-refractivity contribution >= 4 is 9.84 Å². The van der Waals surface area contributed by atoms with Crippen molar-refractivity contribution in [1.29, 1.82) is 0 Å². The summed E-state index contributed by atoms with van der Waals surface area (Å²) >= 11 is 0. The van der Waals surface area contributed by atoms with Crippen LogP contribution in [0.1, 0.15) is 19.3 Å². The molecule has 0 aliphatic carbocycles. The second kappa shape index (κ2) is 4.39. The van der Waals surface area contributed by atoms with Gasteiger partial charge in [0, 0.05) is 12.1 Å². The average molecular weight is 232 g/mol. The molecule has 0 radical (unpaired) electrons. The Kier molecular flexibility index (Phi) is 3.33. The lowest BCUT2D eigenvalue weighted by atomic mass is 10.0. The molecule has 0 aromatic heterocycles. The topological polar surface area (TPSA) is 49.4 Å².